The molecule has 0 spiro atoms. The van der Waals surface area contributed by atoms with E-state index in [1.807, 2.05) is 4.90 Å². The number of H-pyrrole nitrogens is 1. The highest BCUT2D eigenvalue weighted by atomic mass is 19.1. The second-order valence-electron chi connectivity index (χ2n) is 5.96. The van der Waals surface area contributed by atoms with Gasteiger partial charge in [-0.2, -0.15) is 5.10 Å². The number of benzene rings is 1. The Hall–Kier alpha value is -2.44. The zero-order valence-corrected chi connectivity index (χ0v) is 13.1. The van der Waals surface area contributed by atoms with Gasteiger partial charge in [-0.25, -0.2) is 14.2 Å². The third-order valence-electron chi connectivity index (χ3n) is 3.99. The Morgan fingerprint density at radius 2 is 2.22 bits per heavy atom. The van der Waals surface area contributed by atoms with Crippen LogP contribution >= 0.6 is 0 Å². The van der Waals surface area contributed by atoms with E-state index in [0.29, 0.717) is 17.6 Å². The van der Waals surface area contributed by atoms with Crippen LogP contribution < -0.4 is 5.32 Å². The van der Waals surface area contributed by atoms with Crippen LogP contribution in [0.4, 0.5) is 9.18 Å². The van der Waals surface area contributed by atoms with Gasteiger partial charge in [-0.05, 0) is 43.0 Å². The van der Waals surface area contributed by atoms with E-state index in [9.17, 15) is 9.18 Å². The molecule has 1 aliphatic heterocycles. The first-order chi connectivity index (χ1) is 11.1. The Balaban J connectivity index is 1.56. The van der Waals surface area contributed by atoms with Crippen molar-refractivity contribution in [3.8, 4) is 11.4 Å². The second kappa shape index (κ2) is 6.76. The van der Waals surface area contributed by atoms with Gasteiger partial charge in [0.15, 0.2) is 5.82 Å². The molecule has 6 nitrogen and oxygen atoms in total. The Kier molecular flexibility index (Phi) is 4.55. The number of aromatic nitrogens is 3. The molecular formula is C16H20FN5O. The summed E-state index contributed by atoms with van der Waals surface area (Å²) in [7, 11) is 0. The third kappa shape index (κ3) is 3.85. The van der Waals surface area contributed by atoms with Gasteiger partial charge >= 0.3 is 6.03 Å². The number of hydrogen-bond donors (Lipinski definition) is 2. The Morgan fingerprint density at radius 3 is 2.96 bits per heavy atom. The van der Waals surface area contributed by atoms with Gasteiger partial charge in [0.05, 0.1) is 6.54 Å². The van der Waals surface area contributed by atoms with Crippen molar-refractivity contribution >= 4 is 6.03 Å². The van der Waals surface area contributed by atoms with Crippen LogP contribution in [-0.2, 0) is 6.54 Å². The zero-order chi connectivity index (χ0) is 16.2. The quantitative estimate of drug-likeness (QED) is 0.913. The molecule has 1 aromatic heterocycles. The molecular weight excluding hydrogens is 297 g/mol. The van der Waals surface area contributed by atoms with Gasteiger partial charge in [0.2, 0.25) is 0 Å². The molecule has 1 saturated heterocycles. The summed E-state index contributed by atoms with van der Waals surface area (Å²) in [6.07, 6.45) is 2.22. The van der Waals surface area contributed by atoms with Crippen LogP contribution in [0.1, 0.15) is 25.6 Å². The molecule has 2 amide bonds. The minimum atomic E-state index is -0.299. The zero-order valence-electron chi connectivity index (χ0n) is 13.1. The molecule has 23 heavy (non-hydrogen) atoms. The van der Waals surface area contributed by atoms with Crippen molar-refractivity contribution in [1.29, 1.82) is 0 Å². The van der Waals surface area contributed by atoms with Crippen molar-refractivity contribution in [1.82, 2.24) is 25.4 Å². The van der Waals surface area contributed by atoms with Crippen molar-refractivity contribution in [2.75, 3.05) is 13.1 Å². The highest BCUT2D eigenvalue weighted by Crippen LogP contribution is 2.16. The molecule has 2 aromatic rings. The molecule has 122 valence electrons. The molecule has 1 unspecified atom stereocenters. The summed E-state index contributed by atoms with van der Waals surface area (Å²) >= 11 is 0. The number of amides is 2. The summed E-state index contributed by atoms with van der Waals surface area (Å²) in [4.78, 5) is 18.3. The van der Waals surface area contributed by atoms with Crippen LogP contribution in [0.15, 0.2) is 24.3 Å². The Bertz CT molecular complexity index is 669. The Labute approximate surface area is 134 Å². The standard InChI is InChI=1S/C16H20FN5O/c1-11-3-2-8-22(10-11)16(23)18-9-14-19-15(21-20-14)12-4-6-13(17)7-5-12/h4-7,11H,2-3,8-10H2,1H3,(H,18,23)(H,19,20,21). The maximum absolute atomic E-state index is 12.9. The summed E-state index contributed by atoms with van der Waals surface area (Å²) < 4.78 is 12.9. The molecule has 0 saturated carbocycles. The number of urea groups is 1. The van der Waals surface area contributed by atoms with Crippen LogP contribution in [-0.4, -0.2) is 39.2 Å². The molecule has 1 aliphatic rings. The van der Waals surface area contributed by atoms with E-state index in [1.165, 1.54) is 18.6 Å². The maximum Gasteiger partial charge on any atom is 0.317 e. The molecule has 0 aliphatic carbocycles. The van der Waals surface area contributed by atoms with Gasteiger partial charge in [0, 0.05) is 18.7 Å². The fourth-order valence-electron chi connectivity index (χ4n) is 2.75. The molecule has 2 N–H and O–H groups in total. The van der Waals surface area contributed by atoms with Crippen LogP contribution in [0.25, 0.3) is 11.4 Å². The smallest absolute Gasteiger partial charge is 0.317 e. The van der Waals surface area contributed by atoms with E-state index < -0.39 is 0 Å². The number of rotatable bonds is 3. The predicted molar refractivity (Wildman–Crippen MR) is 84.0 cm³/mol. The molecule has 0 bridgehead atoms. The van der Waals surface area contributed by atoms with Crippen LogP contribution in [0.5, 0.6) is 0 Å². The van der Waals surface area contributed by atoms with Crippen LogP contribution in [0.3, 0.4) is 0 Å². The number of piperidine rings is 1. The summed E-state index contributed by atoms with van der Waals surface area (Å²) in [5.74, 6) is 1.31. The number of hydrogen-bond acceptors (Lipinski definition) is 3. The first-order valence-electron chi connectivity index (χ1n) is 7.82. The van der Waals surface area contributed by atoms with E-state index in [4.69, 9.17) is 0 Å². The molecule has 1 fully saturated rings. The molecule has 2 heterocycles. The predicted octanol–water partition coefficient (Wildman–Crippen LogP) is 2.55. The van der Waals surface area contributed by atoms with E-state index in [-0.39, 0.29) is 18.4 Å². The minimum Gasteiger partial charge on any atom is -0.331 e. The second-order valence-corrected chi connectivity index (χ2v) is 5.96. The first-order valence-corrected chi connectivity index (χ1v) is 7.82. The minimum absolute atomic E-state index is 0.0729. The topological polar surface area (TPSA) is 73.9 Å². The lowest BCUT2D eigenvalue weighted by molar-refractivity contribution is 0.169. The fraction of sp³-hybridized carbons (Fsp3) is 0.438. The average molecular weight is 317 g/mol. The number of likely N-dealkylation sites (tertiary alicyclic amines) is 1. The van der Waals surface area contributed by atoms with E-state index in [0.717, 1.165) is 25.1 Å². The average Bonchev–Trinajstić information content (AvgIpc) is 3.02. The lowest BCUT2D eigenvalue weighted by Gasteiger charge is -2.30. The van der Waals surface area contributed by atoms with Gasteiger partial charge in [-0.15, -0.1) is 0 Å². The first kappa shape index (κ1) is 15.5. The third-order valence-corrected chi connectivity index (χ3v) is 3.99. The van der Waals surface area contributed by atoms with Crippen molar-refractivity contribution < 1.29 is 9.18 Å². The Morgan fingerprint density at radius 1 is 1.43 bits per heavy atom. The van der Waals surface area contributed by atoms with Crippen molar-refractivity contribution in [2.24, 2.45) is 5.92 Å². The summed E-state index contributed by atoms with van der Waals surface area (Å²) in [6.45, 7) is 4.04. The van der Waals surface area contributed by atoms with Crippen LogP contribution in [0, 0.1) is 11.7 Å². The summed E-state index contributed by atoms with van der Waals surface area (Å²) in [5, 5.41) is 9.75. The lowest BCUT2D eigenvalue weighted by Crippen LogP contribution is -2.44. The molecule has 1 atom stereocenters. The molecule has 0 radical (unpaired) electrons. The monoisotopic (exact) mass is 317 g/mol. The number of aromatic amines is 1. The highest BCUT2D eigenvalue weighted by Gasteiger charge is 2.20. The summed E-state index contributed by atoms with van der Waals surface area (Å²) in [6, 6.07) is 5.90. The van der Waals surface area contributed by atoms with Crippen molar-refractivity contribution in [3.05, 3.63) is 35.9 Å². The van der Waals surface area contributed by atoms with Gasteiger partial charge in [0.1, 0.15) is 11.6 Å². The van der Waals surface area contributed by atoms with Crippen molar-refractivity contribution in [2.45, 2.75) is 26.3 Å². The molecule has 3 rings (SSSR count). The van der Waals surface area contributed by atoms with Crippen LogP contribution in [0.2, 0.25) is 0 Å². The SMILES string of the molecule is CC1CCCN(C(=O)NCc2nc(-c3ccc(F)cc3)n[nH]2)C1. The van der Waals surface area contributed by atoms with Crippen molar-refractivity contribution in [3.63, 3.8) is 0 Å². The van der Waals surface area contributed by atoms with E-state index in [1.54, 1.807) is 12.1 Å². The van der Waals surface area contributed by atoms with E-state index >= 15 is 0 Å². The molecule has 7 heteroatoms. The normalized spacial score (nSPS) is 18.0. The van der Waals surface area contributed by atoms with Gasteiger partial charge < -0.3 is 10.2 Å². The highest BCUT2D eigenvalue weighted by molar-refractivity contribution is 5.74. The number of carbonyl (C=O) groups excluding carboxylic acids is 1. The largest absolute Gasteiger partial charge is 0.331 e. The number of carbonyl (C=O) groups is 1. The number of nitrogens with zero attached hydrogens (tertiary/aromatic N) is 3. The maximum atomic E-state index is 12.9. The van der Waals surface area contributed by atoms with Gasteiger partial charge in [-0.1, -0.05) is 6.92 Å². The van der Waals surface area contributed by atoms with E-state index in [2.05, 4.69) is 27.4 Å². The molecule has 1 aromatic carbocycles. The fourth-order valence-corrected chi connectivity index (χ4v) is 2.75. The van der Waals surface area contributed by atoms with Gasteiger partial charge in [0.25, 0.3) is 0 Å². The van der Waals surface area contributed by atoms with Gasteiger partial charge in [-0.3, -0.25) is 5.10 Å². The summed E-state index contributed by atoms with van der Waals surface area (Å²) in [5.41, 5.74) is 0.727. The lowest BCUT2D eigenvalue weighted by atomic mass is 10.0. The number of nitrogens with one attached hydrogen (secondary N) is 2. The number of halogens is 1.